The molecular weight excluding hydrogens is 244 g/mol. The summed E-state index contributed by atoms with van der Waals surface area (Å²) in [4.78, 5) is 2.61. The van der Waals surface area contributed by atoms with E-state index in [1.165, 1.54) is 30.6 Å². The van der Waals surface area contributed by atoms with Crippen LogP contribution in [0.15, 0.2) is 24.3 Å². The first-order chi connectivity index (χ1) is 9.67. The second kappa shape index (κ2) is 7.12. The van der Waals surface area contributed by atoms with Gasteiger partial charge in [0, 0.05) is 24.3 Å². The van der Waals surface area contributed by atoms with Crippen molar-refractivity contribution in [2.45, 2.75) is 59.0 Å². The molecule has 1 aromatic carbocycles. The lowest BCUT2D eigenvalue weighted by Crippen LogP contribution is -2.30. The molecule has 0 aromatic heterocycles. The van der Waals surface area contributed by atoms with Gasteiger partial charge < -0.3 is 10.2 Å². The molecule has 0 aliphatic carbocycles. The van der Waals surface area contributed by atoms with Crippen LogP contribution in [0.25, 0.3) is 0 Å². The average Bonchev–Trinajstić information content (AvgIpc) is 2.79. The van der Waals surface area contributed by atoms with Gasteiger partial charge in [0.05, 0.1) is 0 Å². The van der Waals surface area contributed by atoms with Gasteiger partial charge >= 0.3 is 0 Å². The SMILES string of the molecule is CCCNC(CC)c1ccccc1N1CC(C)CC1C. The molecule has 0 saturated carbocycles. The zero-order valence-corrected chi connectivity index (χ0v) is 13.5. The summed E-state index contributed by atoms with van der Waals surface area (Å²) in [5.74, 6) is 0.807. The molecule has 0 amide bonds. The maximum Gasteiger partial charge on any atom is 0.0417 e. The molecule has 1 heterocycles. The fourth-order valence-electron chi connectivity index (χ4n) is 3.47. The summed E-state index contributed by atoms with van der Waals surface area (Å²) in [6.07, 6.45) is 3.65. The van der Waals surface area contributed by atoms with Crippen LogP contribution in [-0.4, -0.2) is 19.1 Å². The maximum atomic E-state index is 3.70. The first-order valence-corrected chi connectivity index (χ1v) is 8.26. The fraction of sp³-hybridized carbons (Fsp3) is 0.667. The van der Waals surface area contributed by atoms with Crippen LogP contribution in [-0.2, 0) is 0 Å². The average molecular weight is 274 g/mol. The van der Waals surface area contributed by atoms with E-state index in [4.69, 9.17) is 0 Å². The van der Waals surface area contributed by atoms with Crippen molar-refractivity contribution in [2.24, 2.45) is 5.92 Å². The second-order valence-corrected chi connectivity index (χ2v) is 6.32. The minimum atomic E-state index is 0.481. The van der Waals surface area contributed by atoms with Crippen molar-refractivity contribution in [1.82, 2.24) is 5.32 Å². The van der Waals surface area contributed by atoms with Crippen molar-refractivity contribution in [1.29, 1.82) is 0 Å². The first-order valence-electron chi connectivity index (χ1n) is 8.26. The van der Waals surface area contributed by atoms with E-state index in [1.54, 1.807) is 0 Å². The van der Waals surface area contributed by atoms with Crippen LogP contribution in [0.4, 0.5) is 5.69 Å². The molecule has 112 valence electrons. The van der Waals surface area contributed by atoms with Crippen molar-refractivity contribution in [3.8, 4) is 0 Å². The van der Waals surface area contributed by atoms with Crippen molar-refractivity contribution in [2.75, 3.05) is 18.0 Å². The second-order valence-electron chi connectivity index (χ2n) is 6.32. The highest BCUT2D eigenvalue weighted by atomic mass is 15.2. The lowest BCUT2D eigenvalue weighted by Gasteiger charge is -2.29. The lowest BCUT2D eigenvalue weighted by molar-refractivity contribution is 0.517. The van der Waals surface area contributed by atoms with Crippen LogP contribution >= 0.6 is 0 Å². The van der Waals surface area contributed by atoms with Crippen LogP contribution in [0.1, 0.15) is 58.6 Å². The van der Waals surface area contributed by atoms with Crippen molar-refractivity contribution < 1.29 is 0 Å². The summed E-state index contributed by atoms with van der Waals surface area (Å²) in [6.45, 7) is 11.5. The summed E-state index contributed by atoms with van der Waals surface area (Å²) in [5.41, 5.74) is 2.92. The standard InChI is InChI=1S/C18H30N2/c1-5-11-19-17(6-2)16-9-7-8-10-18(16)20-13-14(3)12-15(20)4/h7-10,14-15,17,19H,5-6,11-13H2,1-4H3. The third-order valence-electron chi connectivity index (χ3n) is 4.45. The Morgan fingerprint density at radius 3 is 2.60 bits per heavy atom. The number of nitrogens with one attached hydrogen (secondary N) is 1. The van der Waals surface area contributed by atoms with E-state index in [0.29, 0.717) is 12.1 Å². The topological polar surface area (TPSA) is 15.3 Å². The third-order valence-corrected chi connectivity index (χ3v) is 4.45. The predicted molar refractivity (Wildman–Crippen MR) is 88.4 cm³/mol. The summed E-state index contributed by atoms with van der Waals surface area (Å²) >= 11 is 0. The maximum absolute atomic E-state index is 3.70. The van der Waals surface area contributed by atoms with E-state index < -0.39 is 0 Å². The van der Waals surface area contributed by atoms with Crippen LogP contribution in [0.3, 0.4) is 0 Å². The molecule has 1 N–H and O–H groups in total. The molecule has 1 aliphatic rings. The molecule has 1 fully saturated rings. The zero-order valence-electron chi connectivity index (χ0n) is 13.5. The third kappa shape index (κ3) is 3.35. The number of benzene rings is 1. The number of nitrogens with zero attached hydrogens (tertiary/aromatic N) is 1. The Morgan fingerprint density at radius 2 is 2.00 bits per heavy atom. The van der Waals surface area contributed by atoms with Gasteiger partial charge in [-0.25, -0.2) is 0 Å². The fourth-order valence-corrected chi connectivity index (χ4v) is 3.47. The van der Waals surface area contributed by atoms with Gasteiger partial charge in [-0.05, 0) is 50.3 Å². The van der Waals surface area contributed by atoms with Gasteiger partial charge in [0.15, 0.2) is 0 Å². The van der Waals surface area contributed by atoms with E-state index >= 15 is 0 Å². The molecule has 2 rings (SSSR count). The van der Waals surface area contributed by atoms with Gasteiger partial charge in [0.2, 0.25) is 0 Å². The van der Waals surface area contributed by atoms with Gasteiger partial charge in [-0.3, -0.25) is 0 Å². The Bertz CT molecular complexity index is 416. The van der Waals surface area contributed by atoms with Crippen LogP contribution < -0.4 is 10.2 Å². The quantitative estimate of drug-likeness (QED) is 0.828. The normalized spacial score (nSPS) is 24.1. The summed E-state index contributed by atoms with van der Waals surface area (Å²) < 4.78 is 0. The highest BCUT2D eigenvalue weighted by Crippen LogP contribution is 2.34. The Hall–Kier alpha value is -1.02. The Balaban J connectivity index is 2.25. The Labute approximate surface area is 124 Å². The van der Waals surface area contributed by atoms with Gasteiger partial charge in [-0.1, -0.05) is 39.0 Å². The number of hydrogen-bond acceptors (Lipinski definition) is 2. The highest BCUT2D eigenvalue weighted by Gasteiger charge is 2.28. The zero-order chi connectivity index (χ0) is 14.5. The van der Waals surface area contributed by atoms with E-state index in [1.807, 2.05) is 0 Å². The largest absolute Gasteiger partial charge is 0.368 e. The van der Waals surface area contributed by atoms with Gasteiger partial charge in [0.25, 0.3) is 0 Å². The number of hydrogen-bond donors (Lipinski definition) is 1. The number of para-hydroxylation sites is 1. The molecule has 0 bridgehead atoms. The molecule has 1 saturated heterocycles. The lowest BCUT2D eigenvalue weighted by atomic mass is 10.0. The van der Waals surface area contributed by atoms with Gasteiger partial charge in [0.1, 0.15) is 0 Å². The predicted octanol–water partition coefficient (Wildman–Crippen LogP) is 4.37. The van der Waals surface area contributed by atoms with E-state index in [0.717, 1.165) is 18.9 Å². The monoisotopic (exact) mass is 274 g/mol. The molecule has 0 radical (unpaired) electrons. The van der Waals surface area contributed by atoms with Crippen LogP contribution in [0, 0.1) is 5.92 Å². The van der Waals surface area contributed by atoms with Gasteiger partial charge in [-0.2, -0.15) is 0 Å². The molecule has 3 atom stereocenters. The highest BCUT2D eigenvalue weighted by molar-refractivity contribution is 5.56. The molecule has 2 heteroatoms. The molecule has 0 spiro atoms. The number of rotatable bonds is 6. The first kappa shape index (κ1) is 15.4. The number of anilines is 1. The summed E-state index contributed by atoms with van der Waals surface area (Å²) in [6, 6.07) is 10.1. The minimum Gasteiger partial charge on any atom is -0.368 e. The Morgan fingerprint density at radius 1 is 1.25 bits per heavy atom. The van der Waals surface area contributed by atoms with E-state index in [2.05, 4.69) is 62.2 Å². The molecule has 1 aromatic rings. The van der Waals surface area contributed by atoms with Crippen molar-refractivity contribution >= 4 is 5.69 Å². The smallest absolute Gasteiger partial charge is 0.0417 e. The van der Waals surface area contributed by atoms with Crippen molar-refractivity contribution in [3.05, 3.63) is 29.8 Å². The molecular formula is C18H30N2. The van der Waals surface area contributed by atoms with Crippen LogP contribution in [0.2, 0.25) is 0 Å². The van der Waals surface area contributed by atoms with Crippen molar-refractivity contribution in [3.63, 3.8) is 0 Å². The van der Waals surface area contributed by atoms with E-state index in [9.17, 15) is 0 Å². The minimum absolute atomic E-state index is 0.481. The van der Waals surface area contributed by atoms with E-state index in [-0.39, 0.29) is 0 Å². The van der Waals surface area contributed by atoms with Gasteiger partial charge in [-0.15, -0.1) is 0 Å². The molecule has 1 aliphatic heterocycles. The molecule has 2 nitrogen and oxygen atoms in total. The van der Waals surface area contributed by atoms with Crippen LogP contribution in [0.5, 0.6) is 0 Å². The summed E-state index contributed by atoms with van der Waals surface area (Å²) in [7, 11) is 0. The molecule has 3 unspecified atom stereocenters. The molecule has 20 heavy (non-hydrogen) atoms. The Kier molecular flexibility index (Phi) is 5.47. The summed E-state index contributed by atoms with van der Waals surface area (Å²) in [5, 5.41) is 3.70.